The van der Waals surface area contributed by atoms with Crippen molar-refractivity contribution in [3.8, 4) is 0 Å². The number of aromatic amines is 1. The molecular formula is C6H10N2O3. The molecule has 11 heavy (non-hydrogen) atoms. The van der Waals surface area contributed by atoms with Crippen molar-refractivity contribution in [2.24, 2.45) is 0 Å². The third-order valence-electron chi connectivity index (χ3n) is 1.52. The van der Waals surface area contributed by atoms with Gasteiger partial charge in [-0.05, 0) is 13.8 Å². The van der Waals surface area contributed by atoms with Crippen LogP contribution in [0.15, 0.2) is 9.32 Å². The number of hydrogen-bond acceptors (Lipinski definition) is 4. The molecule has 0 spiro atoms. The molecule has 1 N–H and O–H groups in total. The largest absolute Gasteiger partial charge is 0.439 e. The minimum atomic E-state index is -0.605. The lowest BCUT2D eigenvalue weighted by Crippen LogP contribution is -2.22. The zero-order chi connectivity index (χ0) is 8.48. The Labute approximate surface area is 63.4 Å². The normalized spacial score (nSPS) is 11.9. The van der Waals surface area contributed by atoms with Gasteiger partial charge in [0.2, 0.25) is 0 Å². The molecule has 0 saturated heterocycles. The number of rotatable bonds is 2. The van der Waals surface area contributed by atoms with Crippen LogP contribution < -0.4 is 5.76 Å². The van der Waals surface area contributed by atoms with Crippen LogP contribution in [0.5, 0.6) is 0 Å². The Bertz CT molecular complexity index is 286. The van der Waals surface area contributed by atoms with E-state index in [0.29, 0.717) is 5.82 Å². The predicted molar refractivity (Wildman–Crippen MR) is 37.2 cm³/mol. The van der Waals surface area contributed by atoms with E-state index in [2.05, 4.69) is 14.7 Å². The Morgan fingerprint density at radius 1 is 1.64 bits per heavy atom. The molecule has 5 nitrogen and oxygen atoms in total. The molecule has 0 aromatic carbocycles. The molecule has 1 rings (SSSR count). The van der Waals surface area contributed by atoms with Crippen molar-refractivity contribution in [2.75, 3.05) is 7.11 Å². The highest BCUT2D eigenvalue weighted by atomic mass is 16.5. The van der Waals surface area contributed by atoms with Gasteiger partial charge in [0.25, 0.3) is 0 Å². The summed E-state index contributed by atoms with van der Waals surface area (Å²) in [5.41, 5.74) is -0.605. The highest BCUT2D eigenvalue weighted by Crippen LogP contribution is 2.17. The van der Waals surface area contributed by atoms with Gasteiger partial charge in [0.05, 0.1) is 0 Å². The van der Waals surface area contributed by atoms with Crippen LogP contribution in [0, 0.1) is 0 Å². The average Bonchev–Trinajstić information content (AvgIpc) is 2.36. The van der Waals surface area contributed by atoms with E-state index in [-0.39, 0.29) is 0 Å². The number of aromatic nitrogens is 2. The smallest absolute Gasteiger partial charge is 0.371 e. The van der Waals surface area contributed by atoms with E-state index >= 15 is 0 Å². The molecule has 0 aliphatic carbocycles. The summed E-state index contributed by atoms with van der Waals surface area (Å²) in [7, 11) is 1.53. The van der Waals surface area contributed by atoms with E-state index in [4.69, 9.17) is 4.74 Å². The monoisotopic (exact) mass is 158 g/mol. The summed E-state index contributed by atoms with van der Waals surface area (Å²) < 4.78 is 9.36. The van der Waals surface area contributed by atoms with Crippen molar-refractivity contribution in [2.45, 2.75) is 19.4 Å². The summed E-state index contributed by atoms with van der Waals surface area (Å²) >= 11 is 0. The third-order valence-corrected chi connectivity index (χ3v) is 1.52. The lowest BCUT2D eigenvalue weighted by Gasteiger charge is -2.17. The molecular weight excluding hydrogens is 148 g/mol. The van der Waals surface area contributed by atoms with Gasteiger partial charge in [0.15, 0.2) is 5.82 Å². The molecule has 1 heterocycles. The van der Waals surface area contributed by atoms with Crippen LogP contribution in [0.4, 0.5) is 0 Å². The molecule has 1 aromatic rings. The Morgan fingerprint density at radius 3 is 2.64 bits per heavy atom. The first-order valence-electron chi connectivity index (χ1n) is 3.18. The Kier molecular flexibility index (Phi) is 1.82. The van der Waals surface area contributed by atoms with Gasteiger partial charge in [0, 0.05) is 7.11 Å². The van der Waals surface area contributed by atoms with Crippen molar-refractivity contribution in [3.05, 3.63) is 16.4 Å². The van der Waals surface area contributed by atoms with Crippen molar-refractivity contribution in [1.82, 2.24) is 10.1 Å². The zero-order valence-corrected chi connectivity index (χ0v) is 6.67. The van der Waals surface area contributed by atoms with Gasteiger partial charge in [-0.25, -0.2) is 4.79 Å². The first-order chi connectivity index (χ1) is 5.06. The van der Waals surface area contributed by atoms with Gasteiger partial charge in [-0.2, -0.15) is 0 Å². The van der Waals surface area contributed by atoms with E-state index in [1.165, 1.54) is 7.11 Å². The molecule has 5 heteroatoms. The van der Waals surface area contributed by atoms with E-state index in [0.717, 1.165) is 0 Å². The van der Waals surface area contributed by atoms with Crippen LogP contribution in [0.25, 0.3) is 0 Å². The summed E-state index contributed by atoms with van der Waals surface area (Å²) in [5, 5.41) is 3.49. The minimum Gasteiger partial charge on any atom is -0.371 e. The topological polar surface area (TPSA) is 68.1 Å². The second kappa shape index (κ2) is 2.50. The summed E-state index contributed by atoms with van der Waals surface area (Å²) in [5.74, 6) is -0.171. The SMILES string of the molecule is COC(C)(C)c1noc(=O)[nH]1. The van der Waals surface area contributed by atoms with Gasteiger partial charge in [0.1, 0.15) is 5.60 Å². The van der Waals surface area contributed by atoms with E-state index in [1.807, 2.05) is 0 Å². The van der Waals surface area contributed by atoms with E-state index in [1.54, 1.807) is 13.8 Å². The lowest BCUT2D eigenvalue weighted by atomic mass is 10.1. The molecule has 0 saturated carbocycles. The maximum Gasteiger partial charge on any atom is 0.439 e. The molecule has 0 amide bonds. The van der Waals surface area contributed by atoms with Gasteiger partial charge in [-0.1, -0.05) is 5.16 Å². The second-order valence-corrected chi connectivity index (χ2v) is 2.66. The standard InChI is InChI=1S/C6H10N2O3/c1-6(2,10-3)4-7-5(9)11-8-4/h1-3H3,(H,7,8,9). The number of hydrogen-bond donors (Lipinski definition) is 1. The molecule has 0 bridgehead atoms. The fourth-order valence-electron chi connectivity index (χ4n) is 0.587. The highest BCUT2D eigenvalue weighted by molar-refractivity contribution is 4.92. The van der Waals surface area contributed by atoms with Gasteiger partial charge < -0.3 is 4.74 Å². The van der Waals surface area contributed by atoms with Crippen LogP contribution in [0.2, 0.25) is 0 Å². The Hall–Kier alpha value is -1.10. The molecule has 62 valence electrons. The maximum atomic E-state index is 10.5. The van der Waals surface area contributed by atoms with Crippen molar-refractivity contribution in [3.63, 3.8) is 0 Å². The fraction of sp³-hybridized carbons (Fsp3) is 0.667. The van der Waals surface area contributed by atoms with Crippen LogP contribution in [-0.2, 0) is 10.3 Å². The van der Waals surface area contributed by atoms with Gasteiger partial charge >= 0.3 is 5.76 Å². The number of methoxy groups -OCH3 is 1. The first kappa shape index (κ1) is 8.00. The Morgan fingerprint density at radius 2 is 2.27 bits per heavy atom. The fourth-order valence-corrected chi connectivity index (χ4v) is 0.587. The first-order valence-corrected chi connectivity index (χ1v) is 3.18. The summed E-state index contributed by atoms with van der Waals surface area (Å²) in [4.78, 5) is 12.9. The molecule has 0 atom stereocenters. The maximum absolute atomic E-state index is 10.5. The molecule has 0 aliphatic rings. The van der Waals surface area contributed by atoms with E-state index in [9.17, 15) is 4.79 Å². The van der Waals surface area contributed by atoms with Crippen molar-refractivity contribution < 1.29 is 9.26 Å². The average molecular weight is 158 g/mol. The predicted octanol–water partition coefficient (Wildman–Crippen LogP) is 0.244. The molecule has 0 aliphatic heterocycles. The van der Waals surface area contributed by atoms with Crippen LogP contribution in [-0.4, -0.2) is 17.3 Å². The number of ether oxygens (including phenoxy) is 1. The zero-order valence-electron chi connectivity index (χ0n) is 6.67. The van der Waals surface area contributed by atoms with Gasteiger partial charge in [-0.15, -0.1) is 0 Å². The van der Waals surface area contributed by atoms with Gasteiger partial charge in [-0.3, -0.25) is 9.51 Å². The molecule has 0 unspecified atom stereocenters. The van der Waals surface area contributed by atoms with E-state index < -0.39 is 11.4 Å². The van der Waals surface area contributed by atoms with Crippen molar-refractivity contribution in [1.29, 1.82) is 0 Å². The summed E-state index contributed by atoms with van der Waals surface area (Å²) in [6.07, 6.45) is 0. The number of nitrogens with zero attached hydrogens (tertiary/aromatic N) is 1. The quantitative estimate of drug-likeness (QED) is 0.669. The number of nitrogens with one attached hydrogen (secondary N) is 1. The molecule has 0 fully saturated rings. The van der Waals surface area contributed by atoms with Crippen LogP contribution >= 0.6 is 0 Å². The second-order valence-electron chi connectivity index (χ2n) is 2.66. The van der Waals surface area contributed by atoms with Crippen LogP contribution in [0.1, 0.15) is 19.7 Å². The van der Waals surface area contributed by atoms with Crippen molar-refractivity contribution >= 4 is 0 Å². The summed E-state index contributed by atoms with van der Waals surface area (Å²) in [6, 6.07) is 0. The summed E-state index contributed by atoms with van der Waals surface area (Å²) in [6.45, 7) is 3.56. The number of H-pyrrole nitrogens is 1. The molecule has 1 aromatic heterocycles. The third kappa shape index (κ3) is 1.48. The van der Waals surface area contributed by atoms with Crippen LogP contribution in [0.3, 0.4) is 0 Å². The lowest BCUT2D eigenvalue weighted by molar-refractivity contribution is 0.00973. The Balaban J connectivity index is 3.01. The minimum absolute atomic E-state index is 0.394. The highest BCUT2D eigenvalue weighted by Gasteiger charge is 2.24. The molecule has 0 radical (unpaired) electrons.